The average molecular weight is 300 g/mol. The third-order valence-electron chi connectivity index (χ3n) is 3.43. The highest BCUT2D eigenvalue weighted by Crippen LogP contribution is 2.34. The molecule has 114 valence electrons. The van der Waals surface area contributed by atoms with E-state index < -0.39 is 5.92 Å². The molecule has 0 fully saturated rings. The van der Waals surface area contributed by atoms with Crippen LogP contribution in [-0.2, 0) is 14.3 Å². The molecule has 1 N–H and O–H groups in total. The number of carbonyl (C=O) groups excluding carboxylic acids is 2. The van der Waals surface area contributed by atoms with E-state index in [9.17, 15) is 14.7 Å². The van der Waals surface area contributed by atoms with E-state index in [1.807, 2.05) is 0 Å². The number of allylic oxidation sites excluding steroid dienone is 4. The van der Waals surface area contributed by atoms with Gasteiger partial charge in [-0.3, -0.25) is 9.59 Å². The molecule has 0 bridgehead atoms. The Morgan fingerprint density at radius 1 is 1.14 bits per heavy atom. The summed E-state index contributed by atoms with van der Waals surface area (Å²) in [7, 11) is 2.78. The zero-order valence-corrected chi connectivity index (χ0v) is 12.3. The minimum atomic E-state index is -0.511. The molecule has 5 nitrogen and oxygen atoms in total. The lowest BCUT2D eigenvalue weighted by Gasteiger charge is -2.19. The number of ether oxygens (including phenoxy) is 2. The molecular weight excluding hydrogens is 284 g/mol. The summed E-state index contributed by atoms with van der Waals surface area (Å²) < 4.78 is 9.84. The predicted molar refractivity (Wildman–Crippen MR) is 80.8 cm³/mol. The maximum Gasteiger partial charge on any atom is 0.220 e. The molecule has 1 aliphatic rings. The molecule has 1 atom stereocenters. The van der Waals surface area contributed by atoms with Crippen LogP contribution in [0.3, 0.4) is 0 Å². The number of methoxy groups -OCH3 is 2. The zero-order chi connectivity index (χ0) is 16.3. The largest absolute Gasteiger partial charge is 0.504 e. The molecule has 5 heteroatoms. The Bertz CT molecular complexity index is 697. The van der Waals surface area contributed by atoms with Crippen LogP contribution in [-0.4, -0.2) is 30.9 Å². The molecule has 1 aliphatic carbocycles. The predicted octanol–water partition coefficient (Wildman–Crippen LogP) is 2.28. The fourth-order valence-corrected chi connectivity index (χ4v) is 2.30. The van der Waals surface area contributed by atoms with Crippen molar-refractivity contribution in [2.45, 2.75) is 5.92 Å². The first-order valence-electron chi connectivity index (χ1n) is 6.57. The van der Waals surface area contributed by atoms with Crippen LogP contribution in [0.15, 0.2) is 54.3 Å². The van der Waals surface area contributed by atoms with E-state index in [-0.39, 0.29) is 28.6 Å². The normalized spacial score (nSPS) is 15.7. The van der Waals surface area contributed by atoms with Crippen molar-refractivity contribution in [3.05, 3.63) is 59.9 Å². The molecule has 1 aromatic carbocycles. The summed E-state index contributed by atoms with van der Waals surface area (Å²) in [4.78, 5) is 24.1. The van der Waals surface area contributed by atoms with E-state index in [4.69, 9.17) is 9.47 Å². The molecule has 0 unspecified atom stereocenters. The summed E-state index contributed by atoms with van der Waals surface area (Å²) in [6.07, 6.45) is 3.95. The van der Waals surface area contributed by atoms with Crippen LogP contribution in [0.1, 0.15) is 11.5 Å². The van der Waals surface area contributed by atoms with Crippen molar-refractivity contribution in [1.82, 2.24) is 0 Å². The molecule has 0 amide bonds. The Hall–Kier alpha value is -2.82. The Morgan fingerprint density at radius 3 is 2.41 bits per heavy atom. The Kier molecular flexibility index (Phi) is 4.46. The second-order valence-electron chi connectivity index (χ2n) is 4.69. The van der Waals surface area contributed by atoms with Crippen LogP contribution in [0.2, 0.25) is 0 Å². The minimum Gasteiger partial charge on any atom is -0.504 e. The summed E-state index contributed by atoms with van der Waals surface area (Å²) in [5, 5.41) is 9.87. The molecule has 22 heavy (non-hydrogen) atoms. The van der Waals surface area contributed by atoms with Gasteiger partial charge in [0.25, 0.3) is 0 Å². The number of hydrogen-bond acceptors (Lipinski definition) is 5. The van der Waals surface area contributed by atoms with Gasteiger partial charge in [0.1, 0.15) is 0 Å². The molecule has 0 aromatic heterocycles. The standard InChI is InChI=1S/C17H16O5/c1-4-11(10-5-6-16(21-2)14(19)7-10)12-8-15(20)17(22-3)9-13(12)18/h4-9,11,19H,1H2,2-3H3/t11-/m0/s1. The lowest BCUT2D eigenvalue weighted by atomic mass is 9.85. The van der Waals surface area contributed by atoms with E-state index in [0.717, 1.165) is 6.08 Å². The van der Waals surface area contributed by atoms with Crippen LogP contribution in [0, 0.1) is 0 Å². The number of carbonyl (C=O) groups is 2. The number of ketones is 2. The maximum absolute atomic E-state index is 12.2. The minimum absolute atomic E-state index is 0.00846. The van der Waals surface area contributed by atoms with E-state index in [1.165, 1.54) is 26.4 Å². The quantitative estimate of drug-likeness (QED) is 0.667. The van der Waals surface area contributed by atoms with Crippen LogP contribution < -0.4 is 4.74 Å². The highest BCUT2D eigenvalue weighted by Gasteiger charge is 2.26. The van der Waals surface area contributed by atoms with Gasteiger partial charge in [0, 0.05) is 17.6 Å². The van der Waals surface area contributed by atoms with E-state index >= 15 is 0 Å². The monoisotopic (exact) mass is 300 g/mol. The molecule has 1 aromatic rings. The Labute approximate surface area is 128 Å². The highest BCUT2D eigenvalue weighted by atomic mass is 16.5. The van der Waals surface area contributed by atoms with Crippen LogP contribution in [0.25, 0.3) is 0 Å². The maximum atomic E-state index is 12.2. The number of aromatic hydroxyl groups is 1. The topological polar surface area (TPSA) is 72.8 Å². The molecule has 2 rings (SSSR count). The Balaban J connectivity index is 2.41. The summed E-state index contributed by atoms with van der Waals surface area (Å²) in [6, 6.07) is 4.78. The van der Waals surface area contributed by atoms with Crippen LogP contribution in [0.5, 0.6) is 11.5 Å². The van der Waals surface area contributed by atoms with Gasteiger partial charge < -0.3 is 14.6 Å². The van der Waals surface area contributed by atoms with Crippen LogP contribution >= 0.6 is 0 Å². The van der Waals surface area contributed by atoms with Gasteiger partial charge in [-0.15, -0.1) is 6.58 Å². The van der Waals surface area contributed by atoms with Gasteiger partial charge in [-0.25, -0.2) is 0 Å². The average Bonchev–Trinajstić information content (AvgIpc) is 2.51. The van der Waals surface area contributed by atoms with Gasteiger partial charge in [-0.05, 0) is 23.8 Å². The summed E-state index contributed by atoms with van der Waals surface area (Å²) >= 11 is 0. The third kappa shape index (κ3) is 2.79. The molecule has 0 radical (unpaired) electrons. The van der Waals surface area contributed by atoms with E-state index in [0.29, 0.717) is 11.3 Å². The number of hydrogen-bond donors (Lipinski definition) is 1. The van der Waals surface area contributed by atoms with Crippen molar-refractivity contribution in [3.8, 4) is 11.5 Å². The number of benzene rings is 1. The second-order valence-corrected chi connectivity index (χ2v) is 4.69. The first-order chi connectivity index (χ1) is 10.5. The molecule has 0 saturated carbocycles. The summed E-state index contributed by atoms with van der Waals surface area (Å²) in [5.41, 5.74) is 0.917. The van der Waals surface area contributed by atoms with Crippen molar-refractivity contribution < 1.29 is 24.2 Å². The van der Waals surface area contributed by atoms with Gasteiger partial charge in [0.05, 0.1) is 14.2 Å². The number of rotatable bonds is 5. The van der Waals surface area contributed by atoms with Crippen molar-refractivity contribution in [2.75, 3.05) is 14.2 Å². The number of phenolic OH excluding ortho intramolecular Hbond substituents is 1. The SMILES string of the molecule is C=C[C@H](C1=CC(=O)C(OC)=CC1=O)c1ccc(OC)c(O)c1. The second kappa shape index (κ2) is 6.30. The molecule has 0 spiro atoms. The fraction of sp³-hybridized carbons (Fsp3) is 0.176. The van der Waals surface area contributed by atoms with Crippen molar-refractivity contribution in [1.29, 1.82) is 0 Å². The van der Waals surface area contributed by atoms with Crippen molar-refractivity contribution in [3.63, 3.8) is 0 Å². The van der Waals surface area contributed by atoms with Gasteiger partial charge in [-0.1, -0.05) is 12.1 Å². The van der Waals surface area contributed by atoms with Crippen molar-refractivity contribution >= 4 is 11.6 Å². The first-order valence-corrected chi connectivity index (χ1v) is 6.57. The summed E-state index contributed by atoms with van der Waals surface area (Å²) in [6.45, 7) is 3.71. The Morgan fingerprint density at radius 2 is 1.86 bits per heavy atom. The van der Waals surface area contributed by atoms with Gasteiger partial charge >= 0.3 is 0 Å². The lowest BCUT2D eigenvalue weighted by molar-refractivity contribution is -0.117. The van der Waals surface area contributed by atoms with Crippen LogP contribution in [0.4, 0.5) is 0 Å². The van der Waals surface area contributed by atoms with E-state index in [2.05, 4.69) is 6.58 Å². The summed E-state index contributed by atoms with van der Waals surface area (Å²) in [5.74, 6) is -0.918. The molecule has 0 saturated heterocycles. The van der Waals surface area contributed by atoms with Gasteiger partial charge in [0.15, 0.2) is 23.0 Å². The number of phenols is 1. The smallest absolute Gasteiger partial charge is 0.220 e. The van der Waals surface area contributed by atoms with Crippen molar-refractivity contribution in [2.24, 2.45) is 0 Å². The lowest BCUT2D eigenvalue weighted by Crippen LogP contribution is -2.18. The molecular formula is C17H16O5. The molecule has 0 aliphatic heterocycles. The first kappa shape index (κ1) is 15.6. The third-order valence-corrected chi connectivity index (χ3v) is 3.43. The zero-order valence-electron chi connectivity index (χ0n) is 12.3. The van der Waals surface area contributed by atoms with Gasteiger partial charge in [0.2, 0.25) is 5.78 Å². The molecule has 0 heterocycles. The van der Waals surface area contributed by atoms with E-state index in [1.54, 1.807) is 18.2 Å². The fourth-order valence-electron chi connectivity index (χ4n) is 2.30. The highest BCUT2D eigenvalue weighted by molar-refractivity contribution is 6.19. The van der Waals surface area contributed by atoms with Gasteiger partial charge in [-0.2, -0.15) is 0 Å².